The first kappa shape index (κ1) is 26.0. The lowest BCUT2D eigenvalue weighted by atomic mass is 9.85. The van der Waals surface area contributed by atoms with E-state index in [4.69, 9.17) is 23.2 Å². The third-order valence-electron chi connectivity index (χ3n) is 6.65. The third kappa shape index (κ3) is 4.73. The number of carbonyl (C=O) groups is 1. The van der Waals surface area contributed by atoms with E-state index < -0.39 is 26.8 Å². The van der Waals surface area contributed by atoms with Gasteiger partial charge in [-0.15, -0.1) is 11.8 Å². The maximum atomic E-state index is 14.5. The van der Waals surface area contributed by atoms with Crippen LogP contribution in [0.5, 0.6) is 0 Å². The number of alkyl halides is 3. The molecule has 2 aromatic carbocycles. The van der Waals surface area contributed by atoms with E-state index in [0.29, 0.717) is 47.1 Å². The Kier molecular flexibility index (Phi) is 6.98. The molecule has 3 aromatic rings. The summed E-state index contributed by atoms with van der Waals surface area (Å²) in [6.07, 6.45) is 0.241. The van der Waals surface area contributed by atoms with Gasteiger partial charge in [-0.25, -0.2) is 14.4 Å². The molecule has 11 heteroatoms. The van der Waals surface area contributed by atoms with E-state index in [1.807, 2.05) is 0 Å². The average molecular weight is 568 g/mol. The van der Waals surface area contributed by atoms with Gasteiger partial charge in [0.15, 0.2) is 5.82 Å². The van der Waals surface area contributed by atoms with Crippen LogP contribution in [0.15, 0.2) is 48.1 Å². The van der Waals surface area contributed by atoms with Crippen LogP contribution in [0.25, 0.3) is 5.57 Å². The highest BCUT2D eigenvalue weighted by Gasteiger charge is 2.59. The number of amides is 1. The normalized spacial score (nSPS) is 19.0. The van der Waals surface area contributed by atoms with Gasteiger partial charge in [0.1, 0.15) is 10.6 Å². The molecule has 192 valence electrons. The van der Waals surface area contributed by atoms with Gasteiger partial charge in [-0.2, -0.15) is 13.2 Å². The molecule has 0 bridgehead atoms. The van der Waals surface area contributed by atoms with E-state index in [-0.39, 0.29) is 24.4 Å². The van der Waals surface area contributed by atoms with Gasteiger partial charge in [0.2, 0.25) is 0 Å². The van der Waals surface area contributed by atoms with Crippen molar-refractivity contribution in [2.45, 2.75) is 43.2 Å². The highest BCUT2D eigenvalue weighted by molar-refractivity contribution is 8.03. The molecule has 0 saturated carbocycles. The van der Waals surface area contributed by atoms with Crippen LogP contribution in [0.2, 0.25) is 10.0 Å². The summed E-state index contributed by atoms with van der Waals surface area (Å²) in [7, 11) is 0. The molecule has 0 saturated heterocycles. The van der Waals surface area contributed by atoms with Gasteiger partial charge in [0.25, 0.3) is 5.91 Å². The predicted octanol–water partition coefficient (Wildman–Crippen LogP) is 7.28. The van der Waals surface area contributed by atoms with Gasteiger partial charge in [-0.05, 0) is 76.8 Å². The van der Waals surface area contributed by atoms with E-state index in [0.717, 1.165) is 29.7 Å². The zero-order valence-electron chi connectivity index (χ0n) is 19.1. The molecule has 0 radical (unpaired) electrons. The Bertz CT molecular complexity index is 1390. The Morgan fingerprint density at radius 1 is 1.08 bits per heavy atom. The van der Waals surface area contributed by atoms with Crippen LogP contribution in [0.3, 0.4) is 0 Å². The van der Waals surface area contributed by atoms with Crippen LogP contribution in [-0.4, -0.2) is 22.1 Å². The zero-order chi connectivity index (χ0) is 26.4. The Morgan fingerprint density at radius 2 is 1.76 bits per heavy atom. The van der Waals surface area contributed by atoms with Gasteiger partial charge in [-0.3, -0.25) is 4.79 Å². The van der Waals surface area contributed by atoms with Crippen molar-refractivity contribution in [2.24, 2.45) is 0 Å². The summed E-state index contributed by atoms with van der Waals surface area (Å²) in [5, 5.41) is 3.39. The van der Waals surface area contributed by atoms with Crippen LogP contribution in [0.4, 0.5) is 17.6 Å². The number of halogens is 6. The summed E-state index contributed by atoms with van der Waals surface area (Å²) < 4.78 is 55.2. The number of fused-ring (bicyclic) bond motifs is 1. The SMILES string of the molecule is O=C(NCc1ncccn1)c1ccc(C2=CSC(c3cc(Cl)c(F)c(Cl)c3)(C(F)(F)F)C2)c2c1CCC2. The summed E-state index contributed by atoms with van der Waals surface area (Å²) in [6.45, 7) is 0.162. The molecule has 5 rings (SSSR count). The van der Waals surface area contributed by atoms with Gasteiger partial charge in [0.05, 0.1) is 16.6 Å². The molecule has 1 atom stereocenters. The van der Waals surface area contributed by atoms with Crippen molar-refractivity contribution in [1.29, 1.82) is 0 Å². The molecule has 1 N–H and O–H groups in total. The number of thioether (sulfide) groups is 1. The summed E-state index contributed by atoms with van der Waals surface area (Å²) in [6, 6.07) is 7.04. The standard InChI is InChI=1S/C26H19Cl2F4N3OS/c27-20-9-15(10-21(28)23(20)29)25(26(30,31)32)11-14(13-37-25)16-5-6-19(18-4-1-3-17(16)18)24(36)35-12-22-33-7-2-8-34-22/h2,5-10,13H,1,3-4,11-12H2,(H,35,36). The topological polar surface area (TPSA) is 54.9 Å². The lowest BCUT2D eigenvalue weighted by Crippen LogP contribution is -2.37. The minimum atomic E-state index is -4.66. The van der Waals surface area contributed by atoms with E-state index in [2.05, 4.69) is 15.3 Å². The van der Waals surface area contributed by atoms with E-state index >= 15 is 0 Å². The number of nitrogens with zero attached hydrogens (tertiary/aromatic N) is 2. The van der Waals surface area contributed by atoms with E-state index in [1.165, 1.54) is 5.41 Å². The minimum Gasteiger partial charge on any atom is -0.345 e. The second-order valence-corrected chi connectivity index (χ2v) is 10.8. The molecule has 0 spiro atoms. The zero-order valence-corrected chi connectivity index (χ0v) is 21.5. The number of aromatic nitrogens is 2. The summed E-state index contributed by atoms with van der Waals surface area (Å²) >= 11 is 12.3. The third-order valence-corrected chi connectivity index (χ3v) is 8.62. The molecular formula is C26H19Cl2F4N3OS. The van der Waals surface area contributed by atoms with Gasteiger partial charge in [-0.1, -0.05) is 29.3 Å². The number of hydrogen-bond acceptors (Lipinski definition) is 4. The molecular weight excluding hydrogens is 549 g/mol. The lowest BCUT2D eigenvalue weighted by Gasteiger charge is -2.32. The summed E-state index contributed by atoms with van der Waals surface area (Å²) in [4.78, 5) is 21.1. The first-order valence-corrected chi connectivity index (χ1v) is 13.0. The van der Waals surface area contributed by atoms with Gasteiger partial charge < -0.3 is 5.32 Å². The van der Waals surface area contributed by atoms with Crippen molar-refractivity contribution in [3.63, 3.8) is 0 Å². The molecule has 1 aromatic heterocycles. The highest BCUT2D eigenvalue weighted by Crippen LogP contribution is 2.60. The van der Waals surface area contributed by atoms with Crippen molar-refractivity contribution >= 4 is 46.4 Å². The molecule has 1 unspecified atom stereocenters. The van der Waals surface area contributed by atoms with E-state index in [1.54, 1.807) is 30.6 Å². The quantitative estimate of drug-likeness (QED) is 0.260. The Labute approximate surface area is 224 Å². The van der Waals surface area contributed by atoms with Crippen molar-refractivity contribution < 1.29 is 22.4 Å². The average Bonchev–Trinajstić information content (AvgIpc) is 3.54. The fraction of sp³-hybridized carbons (Fsp3) is 0.269. The van der Waals surface area contributed by atoms with Crippen molar-refractivity contribution in [3.8, 4) is 0 Å². The predicted molar refractivity (Wildman–Crippen MR) is 136 cm³/mol. The van der Waals surface area contributed by atoms with Crippen LogP contribution in [-0.2, 0) is 24.1 Å². The molecule has 2 aliphatic rings. The second-order valence-electron chi connectivity index (χ2n) is 8.84. The lowest BCUT2D eigenvalue weighted by molar-refractivity contribution is -0.160. The van der Waals surface area contributed by atoms with Gasteiger partial charge in [0, 0.05) is 24.4 Å². The maximum Gasteiger partial charge on any atom is 0.407 e. The molecule has 1 amide bonds. The first-order chi connectivity index (χ1) is 17.6. The summed E-state index contributed by atoms with van der Waals surface area (Å²) in [5.41, 5.74) is 3.20. The molecule has 0 fully saturated rings. The molecule has 2 heterocycles. The largest absolute Gasteiger partial charge is 0.407 e. The highest BCUT2D eigenvalue weighted by atomic mass is 35.5. The Hall–Kier alpha value is -2.62. The van der Waals surface area contributed by atoms with Crippen LogP contribution < -0.4 is 5.32 Å². The van der Waals surface area contributed by atoms with Crippen molar-refractivity contribution in [3.05, 3.63) is 97.6 Å². The van der Waals surface area contributed by atoms with Crippen LogP contribution in [0.1, 0.15) is 51.3 Å². The molecule has 1 aliphatic heterocycles. The number of benzene rings is 2. The second kappa shape index (κ2) is 9.93. The van der Waals surface area contributed by atoms with Gasteiger partial charge >= 0.3 is 6.18 Å². The monoisotopic (exact) mass is 567 g/mol. The van der Waals surface area contributed by atoms with Crippen LogP contribution in [0, 0.1) is 5.82 Å². The Morgan fingerprint density at radius 3 is 2.43 bits per heavy atom. The number of nitrogens with one attached hydrogen (secondary N) is 1. The number of hydrogen-bond donors (Lipinski definition) is 1. The first-order valence-electron chi connectivity index (χ1n) is 11.4. The van der Waals surface area contributed by atoms with Crippen molar-refractivity contribution in [1.82, 2.24) is 15.3 Å². The fourth-order valence-corrected chi connectivity index (χ4v) is 6.53. The molecule has 4 nitrogen and oxygen atoms in total. The maximum absolute atomic E-state index is 14.5. The smallest absolute Gasteiger partial charge is 0.345 e. The fourth-order valence-electron chi connectivity index (χ4n) is 4.87. The van der Waals surface area contributed by atoms with Crippen molar-refractivity contribution in [2.75, 3.05) is 0 Å². The number of allylic oxidation sites excluding steroid dienone is 1. The molecule has 37 heavy (non-hydrogen) atoms. The number of carbonyl (C=O) groups excluding carboxylic acids is 1. The van der Waals surface area contributed by atoms with Crippen LogP contribution >= 0.6 is 35.0 Å². The van der Waals surface area contributed by atoms with E-state index in [9.17, 15) is 22.4 Å². The molecule has 1 aliphatic carbocycles. The minimum absolute atomic E-state index is 0.162. The number of rotatable bonds is 5. The Balaban J connectivity index is 1.45. The summed E-state index contributed by atoms with van der Waals surface area (Å²) in [5.74, 6) is -0.764.